The third-order valence-electron chi connectivity index (χ3n) is 4.37. The number of hydrogen-bond donors (Lipinski definition) is 1. The molecule has 0 unspecified atom stereocenters. The molecule has 2 aromatic heterocycles. The molecule has 3 rings (SSSR count). The molecule has 6 heteroatoms. The smallest absolute Gasteiger partial charge is 0.222 e. The van der Waals surface area contributed by atoms with Gasteiger partial charge in [-0.1, -0.05) is 18.2 Å². The van der Waals surface area contributed by atoms with Gasteiger partial charge in [-0.15, -0.1) is 0 Å². The highest BCUT2D eigenvalue weighted by Crippen LogP contribution is 2.14. The molecular weight excluding hydrogens is 326 g/mol. The minimum atomic E-state index is 0.135. The Morgan fingerprint density at radius 1 is 1.08 bits per heavy atom. The zero-order chi connectivity index (χ0) is 18.5. The number of H-pyrrole nitrogens is 1. The van der Waals surface area contributed by atoms with E-state index in [-0.39, 0.29) is 5.91 Å². The largest absolute Gasteiger partial charge is 0.349 e. The summed E-state index contributed by atoms with van der Waals surface area (Å²) in [5, 5.41) is 0. The molecule has 1 N–H and O–H groups in total. The molecule has 0 atom stereocenters. The van der Waals surface area contributed by atoms with Crippen molar-refractivity contribution in [3.63, 3.8) is 0 Å². The molecule has 1 aromatic carbocycles. The lowest BCUT2D eigenvalue weighted by molar-refractivity contribution is -0.128. The molecule has 0 spiro atoms. The zero-order valence-electron chi connectivity index (χ0n) is 15.6. The Kier molecular flexibility index (Phi) is 5.63. The van der Waals surface area contributed by atoms with Crippen LogP contribution in [0.4, 0.5) is 0 Å². The first-order valence-electron chi connectivity index (χ1n) is 8.78. The number of nitrogens with one attached hydrogen (secondary N) is 1. The van der Waals surface area contributed by atoms with Gasteiger partial charge in [-0.25, -0.2) is 4.98 Å². The van der Waals surface area contributed by atoms with Crippen LogP contribution in [0.2, 0.25) is 0 Å². The molecule has 0 fully saturated rings. The van der Waals surface area contributed by atoms with Crippen molar-refractivity contribution in [1.29, 1.82) is 0 Å². The molecule has 0 aliphatic rings. The number of nitrogens with zero attached hydrogens (tertiary/aromatic N) is 4. The molecule has 0 saturated carbocycles. The van der Waals surface area contributed by atoms with Gasteiger partial charge >= 0.3 is 0 Å². The first-order valence-corrected chi connectivity index (χ1v) is 8.78. The number of carbonyl (C=O) groups excluding carboxylic acids is 1. The SMILES string of the molecule is CN(Cc1nc2ccccc2[nH]1)Cc1ncccc1CCC(=O)N(C)C. The summed E-state index contributed by atoms with van der Waals surface area (Å²) in [6.45, 7) is 1.42. The van der Waals surface area contributed by atoms with Crippen molar-refractivity contribution in [2.75, 3.05) is 21.1 Å². The van der Waals surface area contributed by atoms with Crippen LogP contribution < -0.4 is 0 Å². The summed E-state index contributed by atoms with van der Waals surface area (Å²) in [6.07, 6.45) is 3.01. The summed E-state index contributed by atoms with van der Waals surface area (Å²) in [5.74, 6) is 1.07. The van der Waals surface area contributed by atoms with Gasteiger partial charge in [0.15, 0.2) is 0 Å². The van der Waals surface area contributed by atoms with Crippen LogP contribution in [0.5, 0.6) is 0 Å². The molecule has 136 valence electrons. The van der Waals surface area contributed by atoms with Crippen LogP contribution >= 0.6 is 0 Å². The number of benzene rings is 1. The maximum absolute atomic E-state index is 11.9. The predicted octanol–water partition coefficient (Wildman–Crippen LogP) is 2.61. The average Bonchev–Trinajstić information content (AvgIpc) is 3.02. The Balaban J connectivity index is 1.65. The maximum atomic E-state index is 11.9. The topological polar surface area (TPSA) is 65.1 Å². The van der Waals surface area contributed by atoms with Gasteiger partial charge < -0.3 is 9.88 Å². The summed E-state index contributed by atoms with van der Waals surface area (Å²) in [7, 11) is 5.62. The number of fused-ring (bicyclic) bond motifs is 1. The number of imidazole rings is 1. The molecule has 2 heterocycles. The standard InChI is InChI=1S/C20H25N5O/c1-24(2)20(26)11-10-15-7-6-12-21-18(15)13-25(3)14-19-22-16-8-4-5-9-17(16)23-19/h4-9,12H,10-11,13-14H2,1-3H3,(H,22,23). The molecule has 26 heavy (non-hydrogen) atoms. The van der Waals surface area contributed by atoms with E-state index in [4.69, 9.17) is 0 Å². The van der Waals surface area contributed by atoms with Gasteiger partial charge in [0.2, 0.25) is 5.91 Å². The highest BCUT2D eigenvalue weighted by Gasteiger charge is 2.12. The molecule has 3 aromatic rings. The van der Waals surface area contributed by atoms with Crippen LogP contribution in [0.3, 0.4) is 0 Å². The lowest BCUT2D eigenvalue weighted by Gasteiger charge is -2.17. The van der Waals surface area contributed by atoms with Crippen LogP contribution in [0.1, 0.15) is 23.5 Å². The fourth-order valence-electron chi connectivity index (χ4n) is 2.95. The molecule has 0 aliphatic carbocycles. The molecule has 0 radical (unpaired) electrons. The number of amides is 1. The second-order valence-electron chi connectivity index (χ2n) is 6.77. The number of rotatable bonds is 7. The van der Waals surface area contributed by atoms with Gasteiger partial charge in [-0.05, 0) is 37.2 Å². The van der Waals surface area contributed by atoms with Crippen molar-refractivity contribution in [3.8, 4) is 0 Å². The summed E-state index contributed by atoms with van der Waals surface area (Å²) in [6, 6.07) is 12.0. The van der Waals surface area contributed by atoms with Gasteiger partial charge in [-0.2, -0.15) is 0 Å². The Hall–Kier alpha value is -2.73. The zero-order valence-corrected chi connectivity index (χ0v) is 15.6. The van der Waals surface area contributed by atoms with Crippen molar-refractivity contribution in [1.82, 2.24) is 24.8 Å². The lowest BCUT2D eigenvalue weighted by atomic mass is 10.1. The number of carbonyl (C=O) groups is 1. The minimum absolute atomic E-state index is 0.135. The first-order chi connectivity index (χ1) is 12.5. The number of aryl methyl sites for hydroxylation is 1. The number of para-hydroxylation sites is 2. The highest BCUT2D eigenvalue weighted by molar-refractivity contribution is 5.76. The van der Waals surface area contributed by atoms with E-state index in [9.17, 15) is 4.79 Å². The van der Waals surface area contributed by atoms with Gasteiger partial charge in [0.25, 0.3) is 0 Å². The maximum Gasteiger partial charge on any atom is 0.222 e. The minimum Gasteiger partial charge on any atom is -0.349 e. The van der Waals surface area contributed by atoms with Crippen LogP contribution in [-0.4, -0.2) is 51.8 Å². The summed E-state index contributed by atoms with van der Waals surface area (Å²) < 4.78 is 0. The summed E-state index contributed by atoms with van der Waals surface area (Å²) >= 11 is 0. The summed E-state index contributed by atoms with van der Waals surface area (Å²) in [4.78, 5) is 28.2. The highest BCUT2D eigenvalue weighted by atomic mass is 16.2. The van der Waals surface area contributed by atoms with Crippen molar-refractivity contribution in [3.05, 3.63) is 59.7 Å². The van der Waals surface area contributed by atoms with Gasteiger partial charge in [-0.3, -0.25) is 14.7 Å². The Morgan fingerprint density at radius 3 is 2.65 bits per heavy atom. The van der Waals surface area contributed by atoms with E-state index >= 15 is 0 Å². The van der Waals surface area contributed by atoms with Crippen molar-refractivity contribution in [2.24, 2.45) is 0 Å². The molecule has 0 bridgehead atoms. The van der Waals surface area contributed by atoms with Crippen LogP contribution in [0, 0.1) is 0 Å². The Labute approximate surface area is 153 Å². The third kappa shape index (κ3) is 4.46. The van der Waals surface area contributed by atoms with E-state index in [0.29, 0.717) is 25.9 Å². The van der Waals surface area contributed by atoms with Gasteiger partial charge in [0.05, 0.1) is 23.3 Å². The molecular formula is C20H25N5O. The first kappa shape index (κ1) is 18.1. The number of aromatic amines is 1. The Morgan fingerprint density at radius 2 is 1.88 bits per heavy atom. The normalized spacial score (nSPS) is 11.2. The monoisotopic (exact) mass is 351 g/mol. The predicted molar refractivity (Wildman–Crippen MR) is 103 cm³/mol. The lowest BCUT2D eigenvalue weighted by Crippen LogP contribution is -2.23. The van der Waals surface area contributed by atoms with E-state index in [1.54, 1.807) is 19.0 Å². The summed E-state index contributed by atoms with van der Waals surface area (Å²) in [5.41, 5.74) is 4.17. The van der Waals surface area contributed by atoms with Gasteiger partial charge in [0, 0.05) is 33.3 Å². The fraction of sp³-hybridized carbons (Fsp3) is 0.350. The molecule has 0 saturated heterocycles. The number of aromatic nitrogens is 3. The number of hydrogen-bond acceptors (Lipinski definition) is 4. The van der Waals surface area contributed by atoms with E-state index in [1.807, 2.05) is 36.5 Å². The third-order valence-corrected chi connectivity index (χ3v) is 4.37. The number of pyridine rings is 1. The second kappa shape index (κ2) is 8.10. The van der Waals surface area contributed by atoms with E-state index < -0.39 is 0 Å². The molecule has 6 nitrogen and oxygen atoms in total. The molecule has 1 amide bonds. The van der Waals surface area contributed by atoms with Crippen LogP contribution in [0.25, 0.3) is 11.0 Å². The van der Waals surface area contributed by atoms with Crippen LogP contribution in [0.15, 0.2) is 42.6 Å². The van der Waals surface area contributed by atoms with E-state index in [2.05, 4.69) is 33.0 Å². The van der Waals surface area contributed by atoms with E-state index in [1.165, 1.54) is 0 Å². The van der Waals surface area contributed by atoms with Crippen LogP contribution in [-0.2, 0) is 24.3 Å². The quantitative estimate of drug-likeness (QED) is 0.711. The van der Waals surface area contributed by atoms with Crippen molar-refractivity contribution >= 4 is 16.9 Å². The fourth-order valence-corrected chi connectivity index (χ4v) is 2.95. The van der Waals surface area contributed by atoms with E-state index in [0.717, 1.165) is 28.1 Å². The second-order valence-corrected chi connectivity index (χ2v) is 6.77. The average molecular weight is 351 g/mol. The van der Waals surface area contributed by atoms with Crippen molar-refractivity contribution < 1.29 is 4.79 Å². The Bertz CT molecular complexity index is 854. The van der Waals surface area contributed by atoms with Crippen molar-refractivity contribution in [2.45, 2.75) is 25.9 Å². The van der Waals surface area contributed by atoms with Gasteiger partial charge in [0.1, 0.15) is 5.82 Å². The molecule has 0 aliphatic heterocycles.